The van der Waals surface area contributed by atoms with Gasteiger partial charge in [0.15, 0.2) is 0 Å². The lowest BCUT2D eigenvalue weighted by molar-refractivity contribution is -0.118. The van der Waals surface area contributed by atoms with Gasteiger partial charge in [-0.15, -0.1) is 11.3 Å². The van der Waals surface area contributed by atoms with Gasteiger partial charge in [-0.1, -0.05) is 36.4 Å². The van der Waals surface area contributed by atoms with Gasteiger partial charge in [0.25, 0.3) is 0 Å². The summed E-state index contributed by atoms with van der Waals surface area (Å²) in [5.74, 6) is 1.23. The zero-order valence-corrected chi connectivity index (χ0v) is 22.4. The molecule has 0 bridgehead atoms. The number of carbonyl (C=O) groups is 1. The Hall–Kier alpha value is -3.35. The molecule has 2 N–H and O–H groups in total. The topological polar surface area (TPSA) is 61.8 Å². The van der Waals surface area contributed by atoms with E-state index in [1.165, 1.54) is 45.4 Å². The normalized spacial score (nSPS) is 13.8. The van der Waals surface area contributed by atoms with E-state index >= 15 is 0 Å². The van der Waals surface area contributed by atoms with Gasteiger partial charge in [-0.2, -0.15) is 0 Å². The van der Waals surface area contributed by atoms with E-state index in [0.717, 1.165) is 48.5 Å². The Labute approximate surface area is 222 Å². The van der Waals surface area contributed by atoms with E-state index in [2.05, 4.69) is 52.7 Å². The number of hydrogen-bond donors (Lipinski definition) is 2. The van der Waals surface area contributed by atoms with Crippen LogP contribution < -0.4 is 10.1 Å². The monoisotopic (exact) mass is 514 g/mol. The van der Waals surface area contributed by atoms with E-state index in [0.29, 0.717) is 6.54 Å². The van der Waals surface area contributed by atoms with Crippen LogP contribution in [0.3, 0.4) is 0 Å². The second-order valence-electron chi connectivity index (χ2n) is 9.83. The summed E-state index contributed by atoms with van der Waals surface area (Å²) in [6.45, 7) is 5.43. The molecule has 1 aliphatic rings. The summed E-state index contributed by atoms with van der Waals surface area (Å²) in [5, 5.41) is 14.2. The fourth-order valence-corrected chi connectivity index (χ4v) is 6.43. The van der Waals surface area contributed by atoms with Crippen LogP contribution in [0.2, 0.25) is 0 Å². The lowest BCUT2D eigenvalue weighted by atomic mass is 9.97. The lowest BCUT2D eigenvalue weighted by Gasteiger charge is -2.18. The van der Waals surface area contributed by atoms with Crippen LogP contribution in [-0.4, -0.2) is 42.7 Å². The summed E-state index contributed by atoms with van der Waals surface area (Å²) in [4.78, 5) is 14.9. The molecule has 1 amide bonds. The maximum atomic E-state index is 11.2. The third-order valence-electron chi connectivity index (χ3n) is 7.11. The van der Waals surface area contributed by atoms with Crippen molar-refractivity contribution < 1.29 is 14.6 Å². The minimum atomic E-state index is -0.00417. The van der Waals surface area contributed by atoms with Gasteiger partial charge in [0.1, 0.15) is 11.5 Å². The summed E-state index contributed by atoms with van der Waals surface area (Å²) in [6, 6.07) is 20.9. The van der Waals surface area contributed by atoms with Gasteiger partial charge in [-0.25, -0.2) is 0 Å². The van der Waals surface area contributed by atoms with Gasteiger partial charge < -0.3 is 15.2 Å². The molecule has 5 rings (SSSR count). The van der Waals surface area contributed by atoms with Crippen molar-refractivity contribution in [1.82, 2.24) is 10.2 Å². The van der Waals surface area contributed by atoms with Crippen LogP contribution in [0.1, 0.15) is 42.0 Å². The number of hydrogen-bond acceptors (Lipinski definition) is 5. The molecule has 0 saturated carbocycles. The number of likely N-dealkylation sites (tertiary alicyclic amines) is 1. The summed E-state index contributed by atoms with van der Waals surface area (Å²) in [6.07, 6.45) is 4.14. The zero-order valence-electron chi connectivity index (χ0n) is 21.5. The molecule has 37 heavy (non-hydrogen) atoms. The van der Waals surface area contributed by atoms with E-state index in [4.69, 9.17) is 4.74 Å². The Morgan fingerprint density at radius 2 is 1.78 bits per heavy atom. The molecule has 1 aliphatic heterocycles. The molecule has 6 heteroatoms. The Kier molecular flexibility index (Phi) is 7.77. The molecular weight excluding hydrogens is 480 g/mol. The zero-order chi connectivity index (χ0) is 25.8. The number of benzene rings is 3. The fourth-order valence-electron chi connectivity index (χ4n) is 5.17. The van der Waals surface area contributed by atoms with Crippen LogP contribution in [-0.2, 0) is 24.2 Å². The van der Waals surface area contributed by atoms with E-state index in [1.54, 1.807) is 31.4 Å². The minimum Gasteiger partial charge on any atom is -0.508 e. The molecular formula is C31H34N2O3S. The number of nitrogens with one attached hydrogen (secondary N) is 1. The van der Waals surface area contributed by atoms with E-state index < -0.39 is 0 Å². The third-order valence-corrected chi connectivity index (χ3v) is 8.35. The number of methoxy groups -OCH3 is 1. The Balaban J connectivity index is 1.44. The number of aromatic hydroxyl groups is 1. The van der Waals surface area contributed by atoms with Crippen molar-refractivity contribution in [2.75, 3.05) is 26.7 Å². The minimum absolute atomic E-state index is 0.00417. The van der Waals surface area contributed by atoms with E-state index in [9.17, 15) is 9.90 Å². The third kappa shape index (κ3) is 5.97. The fraction of sp³-hybridized carbons (Fsp3) is 0.323. The number of nitrogens with zero attached hydrogens (tertiary/aromatic N) is 1. The van der Waals surface area contributed by atoms with Crippen molar-refractivity contribution in [3.8, 4) is 21.9 Å². The van der Waals surface area contributed by atoms with Crippen LogP contribution >= 0.6 is 11.3 Å². The SMILES string of the molecule is COc1cc(Cc2c(-c3ccc(CCNC(C)=O)cc3)sc3cc(O)ccc23)ccc1CN1CCCC1. The summed E-state index contributed by atoms with van der Waals surface area (Å²) >= 11 is 1.72. The molecule has 5 nitrogen and oxygen atoms in total. The van der Waals surface area contributed by atoms with Crippen LogP contribution in [0.25, 0.3) is 20.5 Å². The molecule has 0 radical (unpaired) electrons. The van der Waals surface area contributed by atoms with Crippen LogP contribution in [0.5, 0.6) is 11.5 Å². The smallest absolute Gasteiger partial charge is 0.216 e. The van der Waals surface area contributed by atoms with Gasteiger partial charge in [0.2, 0.25) is 5.91 Å². The van der Waals surface area contributed by atoms with E-state index in [-0.39, 0.29) is 11.7 Å². The number of ether oxygens (including phenoxy) is 1. The maximum absolute atomic E-state index is 11.2. The lowest BCUT2D eigenvalue weighted by Crippen LogP contribution is -2.22. The van der Waals surface area contributed by atoms with Crippen molar-refractivity contribution in [1.29, 1.82) is 0 Å². The predicted molar refractivity (Wildman–Crippen MR) is 152 cm³/mol. The molecule has 192 valence electrons. The first-order chi connectivity index (χ1) is 18.0. The van der Waals surface area contributed by atoms with Crippen molar-refractivity contribution in [2.24, 2.45) is 0 Å². The highest BCUT2D eigenvalue weighted by Gasteiger charge is 2.18. The first kappa shape index (κ1) is 25.3. The predicted octanol–water partition coefficient (Wildman–Crippen LogP) is 6.15. The van der Waals surface area contributed by atoms with Crippen LogP contribution in [0, 0.1) is 0 Å². The Morgan fingerprint density at radius 1 is 1.03 bits per heavy atom. The van der Waals surface area contributed by atoms with Gasteiger partial charge in [0.05, 0.1) is 7.11 Å². The summed E-state index contributed by atoms with van der Waals surface area (Å²) < 4.78 is 6.89. The molecule has 0 atom stereocenters. The highest BCUT2D eigenvalue weighted by Crippen LogP contribution is 2.41. The number of fused-ring (bicyclic) bond motifs is 1. The second kappa shape index (κ2) is 11.4. The number of phenols is 1. The molecule has 1 saturated heterocycles. The van der Waals surface area contributed by atoms with Crippen molar-refractivity contribution in [3.05, 3.63) is 82.9 Å². The highest BCUT2D eigenvalue weighted by molar-refractivity contribution is 7.22. The van der Waals surface area contributed by atoms with Crippen LogP contribution in [0.4, 0.5) is 0 Å². The molecule has 3 aromatic carbocycles. The quantitative estimate of drug-likeness (QED) is 0.281. The molecule has 0 unspecified atom stereocenters. The Morgan fingerprint density at radius 3 is 2.51 bits per heavy atom. The molecule has 4 aromatic rings. The average Bonchev–Trinajstić information content (AvgIpc) is 3.53. The maximum Gasteiger partial charge on any atom is 0.216 e. The average molecular weight is 515 g/mol. The molecule has 2 heterocycles. The van der Waals surface area contributed by atoms with Gasteiger partial charge >= 0.3 is 0 Å². The first-order valence-corrected chi connectivity index (χ1v) is 13.8. The molecule has 1 fully saturated rings. The van der Waals surface area contributed by atoms with Gasteiger partial charge in [-0.3, -0.25) is 9.69 Å². The van der Waals surface area contributed by atoms with Crippen LogP contribution in [0.15, 0.2) is 60.7 Å². The Bertz CT molecular complexity index is 1390. The molecule has 0 spiro atoms. The summed E-state index contributed by atoms with van der Waals surface area (Å²) in [7, 11) is 1.76. The van der Waals surface area contributed by atoms with Crippen molar-refractivity contribution in [3.63, 3.8) is 0 Å². The largest absolute Gasteiger partial charge is 0.508 e. The van der Waals surface area contributed by atoms with Crippen molar-refractivity contribution in [2.45, 2.75) is 39.2 Å². The number of amides is 1. The van der Waals surface area contributed by atoms with E-state index in [1.807, 2.05) is 12.1 Å². The number of thiophene rings is 1. The molecule has 0 aliphatic carbocycles. The number of rotatable bonds is 9. The van der Waals surface area contributed by atoms with Gasteiger partial charge in [-0.05, 0) is 90.7 Å². The summed E-state index contributed by atoms with van der Waals surface area (Å²) in [5.41, 5.74) is 6.07. The number of phenolic OH excluding ortho intramolecular Hbond substituents is 1. The standard InChI is InChI=1S/C31H34N2O3S/c1-21(34)32-14-13-22-5-8-24(9-6-22)31-28(27-12-11-26(35)19-30(27)37-31)17-23-7-10-25(29(18-23)36-2)20-33-15-3-4-16-33/h5-12,18-19,35H,3-4,13-17,20H2,1-2H3,(H,32,34). The highest BCUT2D eigenvalue weighted by atomic mass is 32.1. The van der Waals surface area contributed by atoms with Crippen molar-refractivity contribution >= 4 is 27.3 Å². The first-order valence-electron chi connectivity index (χ1n) is 13.0. The number of carbonyl (C=O) groups excluding carboxylic acids is 1. The molecule has 1 aromatic heterocycles. The second-order valence-corrected chi connectivity index (χ2v) is 10.9. The van der Waals surface area contributed by atoms with Gasteiger partial charge in [0, 0.05) is 35.2 Å².